The summed E-state index contributed by atoms with van der Waals surface area (Å²) in [6.07, 6.45) is 0. The Kier molecular flexibility index (Phi) is 4.46. The largest absolute Gasteiger partial charge is 0.496 e. The summed E-state index contributed by atoms with van der Waals surface area (Å²) >= 11 is 0. The number of halogens is 1. The highest BCUT2D eigenvalue weighted by atomic mass is 35.5. The molecule has 2 aromatic carbocycles. The molecule has 3 heteroatoms. The van der Waals surface area contributed by atoms with E-state index in [9.17, 15) is 0 Å². The minimum absolute atomic E-state index is 0. The van der Waals surface area contributed by atoms with Gasteiger partial charge in [-0.25, -0.2) is 0 Å². The molecule has 1 heterocycles. The number of rotatable bonds is 2. The van der Waals surface area contributed by atoms with E-state index in [1.54, 1.807) is 7.11 Å². The van der Waals surface area contributed by atoms with Crippen molar-refractivity contribution in [2.45, 2.75) is 12.5 Å². The van der Waals surface area contributed by atoms with Crippen molar-refractivity contribution in [3.63, 3.8) is 0 Å². The van der Waals surface area contributed by atoms with Crippen LogP contribution in [0.5, 0.6) is 5.75 Å². The Bertz CT molecular complexity index is 556. The number of hydrogen-bond acceptors (Lipinski definition) is 2. The van der Waals surface area contributed by atoms with Crippen LogP contribution in [0.3, 0.4) is 0 Å². The molecule has 0 saturated heterocycles. The summed E-state index contributed by atoms with van der Waals surface area (Å²) in [6, 6.07) is 16.9. The zero-order valence-corrected chi connectivity index (χ0v) is 11.7. The summed E-state index contributed by atoms with van der Waals surface area (Å²) in [4.78, 5) is 0. The summed E-state index contributed by atoms with van der Waals surface area (Å²) in [7, 11) is 1.74. The van der Waals surface area contributed by atoms with Gasteiger partial charge in [-0.1, -0.05) is 42.5 Å². The first kappa shape index (κ1) is 13.9. The van der Waals surface area contributed by atoms with Gasteiger partial charge in [0.05, 0.1) is 7.11 Å². The van der Waals surface area contributed by atoms with Crippen LogP contribution in [0.4, 0.5) is 0 Å². The maximum absolute atomic E-state index is 5.49. The topological polar surface area (TPSA) is 21.3 Å². The fraction of sp³-hybridized carbons (Fsp3) is 0.250. The third-order valence-corrected chi connectivity index (χ3v) is 3.61. The molecule has 0 radical (unpaired) electrons. The van der Waals surface area contributed by atoms with E-state index in [4.69, 9.17) is 4.74 Å². The molecule has 0 bridgehead atoms. The van der Waals surface area contributed by atoms with Gasteiger partial charge < -0.3 is 10.1 Å². The average molecular weight is 276 g/mol. The Labute approximate surface area is 120 Å². The molecule has 0 fully saturated rings. The van der Waals surface area contributed by atoms with Crippen molar-refractivity contribution in [2.75, 3.05) is 13.7 Å². The molecule has 0 aliphatic carbocycles. The van der Waals surface area contributed by atoms with Crippen molar-refractivity contribution in [1.82, 2.24) is 5.32 Å². The number of para-hydroxylation sites is 1. The Morgan fingerprint density at radius 2 is 1.68 bits per heavy atom. The Morgan fingerprint density at radius 1 is 1.00 bits per heavy atom. The van der Waals surface area contributed by atoms with Crippen LogP contribution in [-0.4, -0.2) is 13.7 Å². The van der Waals surface area contributed by atoms with E-state index < -0.39 is 0 Å². The van der Waals surface area contributed by atoms with Crippen LogP contribution in [0.15, 0.2) is 48.5 Å². The van der Waals surface area contributed by atoms with Crippen LogP contribution < -0.4 is 10.1 Å². The van der Waals surface area contributed by atoms with Gasteiger partial charge in [-0.05, 0) is 17.2 Å². The molecule has 1 atom stereocenters. The quantitative estimate of drug-likeness (QED) is 0.908. The smallest absolute Gasteiger partial charge is 0.122 e. The lowest BCUT2D eigenvalue weighted by atomic mass is 9.85. The first-order valence-electron chi connectivity index (χ1n) is 6.31. The van der Waals surface area contributed by atoms with Gasteiger partial charge in [0, 0.05) is 24.6 Å². The average Bonchev–Trinajstić information content (AvgIpc) is 2.46. The van der Waals surface area contributed by atoms with E-state index in [1.165, 1.54) is 16.7 Å². The first-order valence-corrected chi connectivity index (χ1v) is 6.31. The monoisotopic (exact) mass is 275 g/mol. The minimum Gasteiger partial charge on any atom is -0.496 e. The third kappa shape index (κ3) is 2.60. The molecule has 1 unspecified atom stereocenters. The van der Waals surface area contributed by atoms with Crippen LogP contribution in [0.25, 0.3) is 0 Å². The predicted molar refractivity (Wildman–Crippen MR) is 80.2 cm³/mol. The van der Waals surface area contributed by atoms with Gasteiger partial charge in [0.15, 0.2) is 0 Å². The van der Waals surface area contributed by atoms with Gasteiger partial charge in [-0.15, -0.1) is 12.4 Å². The number of benzene rings is 2. The number of ether oxygens (including phenoxy) is 1. The second kappa shape index (κ2) is 6.09. The molecule has 0 spiro atoms. The van der Waals surface area contributed by atoms with E-state index in [-0.39, 0.29) is 12.4 Å². The minimum atomic E-state index is 0. The van der Waals surface area contributed by atoms with Crippen LogP contribution in [-0.2, 0) is 6.54 Å². The summed E-state index contributed by atoms with van der Waals surface area (Å²) in [6.45, 7) is 1.93. The maximum atomic E-state index is 5.49. The number of hydrogen-bond donors (Lipinski definition) is 1. The van der Waals surface area contributed by atoms with Gasteiger partial charge in [-0.2, -0.15) is 0 Å². The zero-order chi connectivity index (χ0) is 12.4. The van der Waals surface area contributed by atoms with Crippen molar-refractivity contribution in [1.29, 1.82) is 0 Å². The summed E-state index contributed by atoms with van der Waals surface area (Å²) in [5.74, 6) is 1.35. The van der Waals surface area contributed by atoms with E-state index in [0.29, 0.717) is 5.92 Å². The third-order valence-electron chi connectivity index (χ3n) is 3.61. The standard InChI is InChI=1S/C16H17NO.ClH/c1-18-16-9-5-4-8-14(16)15-11-17-10-12-6-2-3-7-13(12)15;/h2-9,15,17H,10-11H2,1H3;1H. The first-order chi connectivity index (χ1) is 8.90. The summed E-state index contributed by atoms with van der Waals surface area (Å²) in [5, 5.41) is 3.49. The van der Waals surface area contributed by atoms with Crippen molar-refractivity contribution in [3.05, 3.63) is 65.2 Å². The van der Waals surface area contributed by atoms with Gasteiger partial charge in [0.25, 0.3) is 0 Å². The van der Waals surface area contributed by atoms with Crippen molar-refractivity contribution in [3.8, 4) is 5.75 Å². The molecule has 0 aromatic heterocycles. The fourth-order valence-electron chi connectivity index (χ4n) is 2.73. The molecule has 2 nitrogen and oxygen atoms in total. The second-order valence-corrected chi connectivity index (χ2v) is 4.62. The van der Waals surface area contributed by atoms with Gasteiger partial charge in [-0.3, -0.25) is 0 Å². The van der Waals surface area contributed by atoms with Crippen LogP contribution in [0.1, 0.15) is 22.6 Å². The highest BCUT2D eigenvalue weighted by molar-refractivity contribution is 5.85. The van der Waals surface area contributed by atoms with E-state index in [1.807, 2.05) is 12.1 Å². The van der Waals surface area contributed by atoms with Crippen molar-refractivity contribution >= 4 is 12.4 Å². The van der Waals surface area contributed by atoms with Crippen molar-refractivity contribution in [2.24, 2.45) is 0 Å². The normalized spacial score (nSPS) is 17.2. The molecular weight excluding hydrogens is 258 g/mol. The molecule has 19 heavy (non-hydrogen) atoms. The molecule has 0 saturated carbocycles. The lowest BCUT2D eigenvalue weighted by Crippen LogP contribution is -2.28. The van der Waals surface area contributed by atoms with E-state index in [2.05, 4.69) is 41.7 Å². The van der Waals surface area contributed by atoms with Gasteiger partial charge in [0.1, 0.15) is 5.75 Å². The molecule has 100 valence electrons. The molecule has 1 aliphatic rings. The highest BCUT2D eigenvalue weighted by Gasteiger charge is 2.23. The predicted octanol–water partition coefficient (Wildman–Crippen LogP) is 3.35. The maximum Gasteiger partial charge on any atom is 0.122 e. The summed E-state index contributed by atoms with van der Waals surface area (Å²) < 4.78 is 5.49. The molecule has 1 N–H and O–H groups in total. The Morgan fingerprint density at radius 3 is 2.47 bits per heavy atom. The summed E-state index contributed by atoms with van der Waals surface area (Å²) in [5.41, 5.74) is 4.07. The SMILES string of the molecule is COc1ccccc1C1CNCc2ccccc21.Cl. The molecule has 1 aliphatic heterocycles. The number of nitrogens with one attached hydrogen (secondary N) is 1. The molecule has 2 aromatic rings. The lowest BCUT2D eigenvalue weighted by molar-refractivity contribution is 0.405. The van der Waals surface area contributed by atoms with Gasteiger partial charge in [0.2, 0.25) is 0 Å². The highest BCUT2D eigenvalue weighted by Crippen LogP contribution is 2.34. The Hall–Kier alpha value is -1.51. The van der Waals surface area contributed by atoms with Crippen LogP contribution in [0, 0.1) is 0 Å². The second-order valence-electron chi connectivity index (χ2n) is 4.62. The van der Waals surface area contributed by atoms with E-state index >= 15 is 0 Å². The zero-order valence-electron chi connectivity index (χ0n) is 10.9. The lowest BCUT2D eigenvalue weighted by Gasteiger charge is -2.27. The molecular formula is C16H18ClNO. The number of fused-ring (bicyclic) bond motifs is 1. The molecule has 3 rings (SSSR count). The van der Waals surface area contributed by atoms with Crippen LogP contribution >= 0.6 is 12.4 Å². The van der Waals surface area contributed by atoms with E-state index in [0.717, 1.165) is 18.8 Å². The molecule has 0 amide bonds. The fourth-order valence-corrected chi connectivity index (χ4v) is 2.73. The van der Waals surface area contributed by atoms with Crippen molar-refractivity contribution < 1.29 is 4.74 Å². The number of methoxy groups -OCH3 is 1. The van der Waals surface area contributed by atoms with Crippen LogP contribution in [0.2, 0.25) is 0 Å². The Balaban J connectivity index is 0.00000133. The van der Waals surface area contributed by atoms with Gasteiger partial charge >= 0.3 is 0 Å².